The largest absolute Gasteiger partial charge is 0.494 e. The Hall–Kier alpha value is -3.41. The maximum atomic E-state index is 12.9. The highest BCUT2D eigenvalue weighted by Crippen LogP contribution is 2.23. The molecule has 174 valence electrons. The molecule has 0 aliphatic carbocycles. The SMILES string of the molecule is C=CCOC(=O)C(CCn1c(O)csc1=O)NS(=O)(=O)c1ccc(Oc2ccccc2)cc1. The van der Waals surface area contributed by atoms with Crippen LogP contribution in [0.3, 0.4) is 0 Å². The molecule has 0 aliphatic heterocycles. The lowest BCUT2D eigenvalue weighted by Gasteiger charge is -2.18. The molecule has 1 atom stereocenters. The van der Waals surface area contributed by atoms with E-state index in [1.165, 1.54) is 35.7 Å². The number of benzene rings is 2. The van der Waals surface area contributed by atoms with Crippen molar-refractivity contribution in [1.82, 2.24) is 9.29 Å². The highest BCUT2D eigenvalue weighted by Gasteiger charge is 2.27. The minimum Gasteiger partial charge on any atom is -0.494 e. The van der Waals surface area contributed by atoms with Gasteiger partial charge in [0.15, 0.2) is 0 Å². The van der Waals surface area contributed by atoms with Crippen molar-refractivity contribution < 1.29 is 27.8 Å². The number of rotatable bonds is 11. The first-order valence-corrected chi connectivity index (χ1v) is 12.2. The first-order valence-electron chi connectivity index (χ1n) is 9.80. The first-order chi connectivity index (χ1) is 15.8. The summed E-state index contributed by atoms with van der Waals surface area (Å²) in [6, 6.07) is 13.4. The Morgan fingerprint density at radius 3 is 2.42 bits per heavy atom. The van der Waals surface area contributed by atoms with Crippen molar-refractivity contribution in [2.24, 2.45) is 0 Å². The smallest absolute Gasteiger partial charge is 0.324 e. The Kier molecular flexibility index (Phi) is 8.04. The summed E-state index contributed by atoms with van der Waals surface area (Å²) in [7, 11) is -4.11. The number of para-hydroxylation sites is 1. The summed E-state index contributed by atoms with van der Waals surface area (Å²) < 4.78 is 39.8. The van der Waals surface area contributed by atoms with E-state index in [9.17, 15) is 23.1 Å². The fraction of sp³-hybridized carbons (Fsp3) is 0.182. The molecular formula is C22H22N2O7S2. The summed E-state index contributed by atoms with van der Waals surface area (Å²) in [6.07, 6.45) is 1.23. The van der Waals surface area contributed by atoms with Crippen LogP contribution in [0.25, 0.3) is 0 Å². The van der Waals surface area contributed by atoms with Crippen molar-refractivity contribution in [1.29, 1.82) is 0 Å². The zero-order chi connectivity index (χ0) is 23.8. The van der Waals surface area contributed by atoms with Gasteiger partial charge in [0, 0.05) is 6.54 Å². The standard InChI is InChI=1S/C22H22N2O7S2/c1-2-14-30-21(26)19(12-13-24-20(25)15-32-22(24)27)23-33(28,29)18-10-8-17(9-11-18)31-16-6-4-3-5-7-16/h2-11,15,19,23,25H,1,12-14H2. The van der Waals surface area contributed by atoms with Gasteiger partial charge in [0.2, 0.25) is 15.9 Å². The van der Waals surface area contributed by atoms with E-state index < -0.39 is 26.9 Å². The molecule has 1 heterocycles. The molecule has 0 amide bonds. The quantitative estimate of drug-likeness (QED) is 0.313. The predicted molar refractivity (Wildman–Crippen MR) is 123 cm³/mol. The van der Waals surface area contributed by atoms with E-state index in [1.54, 1.807) is 12.1 Å². The number of hydrogen-bond acceptors (Lipinski definition) is 8. The zero-order valence-electron chi connectivity index (χ0n) is 17.4. The molecule has 33 heavy (non-hydrogen) atoms. The first kappa shape index (κ1) is 24.2. The summed E-state index contributed by atoms with van der Waals surface area (Å²) in [4.78, 5) is 23.7. The van der Waals surface area contributed by atoms with Crippen LogP contribution in [0.5, 0.6) is 17.4 Å². The van der Waals surface area contributed by atoms with E-state index in [-0.39, 0.29) is 30.3 Å². The summed E-state index contributed by atoms with van der Waals surface area (Å²) in [5, 5.41) is 11.0. The molecule has 2 N–H and O–H groups in total. The lowest BCUT2D eigenvalue weighted by Crippen LogP contribution is -2.42. The Balaban J connectivity index is 1.74. The van der Waals surface area contributed by atoms with Crippen LogP contribution < -0.4 is 14.3 Å². The minimum absolute atomic E-state index is 0.0834. The molecule has 11 heteroatoms. The number of sulfonamides is 1. The summed E-state index contributed by atoms with van der Waals surface area (Å²) in [5.74, 6) is -0.0528. The van der Waals surface area contributed by atoms with Crippen LogP contribution in [0.2, 0.25) is 0 Å². The number of carbonyl (C=O) groups is 1. The van der Waals surface area contributed by atoms with Gasteiger partial charge in [0.05, 0.1) is 10.3 Å². The molecule has 0 spiro atoms. The van der Waals surface area contributed by atoms with E-state index in [0.29, 0.717) is 11.5 Å². The fourth-order valence-corrected chi connectivity index (χ4v) is 4.69. The monoisotopic (exact) mass is 490 g/mol. The third-order valence-corrected chi connectivity index (χ3v) is 6.68. The second-order valence-electron chi connectivity index (χ2n) is 6.78. The summed E-state index contributed by atoms with van der Waals surface area (Å²) in [5.41, 5.74) is 0. The van der Waals surface area contributed by atoms with Gasteiger partial charge < -0.3 is 14.6 Å². The van der Waals surface area contributed by atoms with Crippen LogP contribution in [0, 0.1) is 0 Å². The molecule has 0 saturated carbocycles. The van der Waals surface area contributed by atoms with Crippen LogP contribution in [-0.2, 0) is 26.1 Å². The average molecular weight is 491 g/mol. The third kappa shape index (κ3) is 6.54. The van der Waals surface area contributed by atoms with Gasteiger partial charge in [-0.15, -0.1) is 0 Å². The van der Waals surface area contributed by atoms with E-state index in [1.807, 2.05) is 18.2 Å². The Labute approximate surface area is 194 Å². The number of carbonyl (C=O) groups excluding carboxylic acids is 1. The van der Waals surface area contributed by atoms with Gasteiger partial charge in [-0.3, -0.25) is 14.2 Å². The molecule has 0 aliphatic rings. The average Bonchev–Trinajstić information content (AvgIpc) is 3.13. The van der Waals surface area contributed by atoms with Crippen molar-refractivity contribution in [3.8, 4) is 17.4 Å². The number of nitrogens with zero attached hydrogens (tertiary/aromatic N) is 1. The molecule has 0 saturated heterocycles. The number of nitrogens with one attached hydrogen (secondary N) is 1. The molecule has 1 aromatic heterocycles. The molecule has 0 fully saturated rings. The number of aromatic nitrogens is 1. The second kappa shape index (κ2) is 10.9. The molecule has 3 aromatic rings. The van der Waals surface area contributed by atoms with Gasteiger partial charge in [-0.05, 0) is 42.8 Å². The highest BCUT2D eigenvalue weighted by atomic mass is 32.2. The maximum absolute atomic E-state index is 12.9. The fourth-order valence-electron chi connectivity index (χ4n) is 2.82. The normalized spacial score (nSPS) is 12.1. The maximum Gasteiger partial charge on any atom is 0.324 e. The Morgan fingerprint density at radius 1 is 1.15 bits per heavy atom. The van der Waals surface area contributed by atoms with Crippen LogP contribution in [0.4, 0.5) is 0 Å². The van der Waals surface area contributed by atoms with Crippen molar-refractivity contribution >= 4 is 27.3 Å². The second-order valence-corrected chi connectivity index (χ2v) is 9.31. The van der Waals surface area contributed by atoms with Gasteiger partial charge in [-0.2, -0.15) is 4.72 Å². The van der Waals surface area contributed by atoms with E-state index in [2.05, 4.69) is 11.3 Å². The molecule has 3 rings (SSSR count). The number of aromatic hydroxyl groups is 1. The van der Waals surface area contributed by atoms with Gasteiger partial charge in [-0.25, -0.2) is 8.42 Å². The number of ether oxygens (including phenoxy) is 2. The predicted octanol–water partition coefficient (Wildman–Crippen LogP) is 2.87. The summed E-state index contributed by atoms with van der Waals surface area (Å²) >= 11 is 0.794. The number of thiazole rings is 1. The topological polar surface area (TPSA) is 124 Å². The molecule has 2 aromatic carbocycles. The third-order valence-electron chi connectivity index (χ3n) is 4.44. The van der Waals surface area contributed by atoms with Crippen molar-refractivity contribution in [2.75, 3.05) is 6.61 Å². The van der Waals surface area contributed by atoms with Gasteiger partial charge in [-0.1, -0.05) is 42.2 Å². The highest BCUT2D eigenvalue weighted by molar-refractivity contribution is 7.89. The van der Waals surface area contributed by atoms with Crippen LogP contribution in [0.1, 0.15) is 6.42 Å². The molecule has 9 nitrogen and oxygen atoms in total. The van der Waals surface area contributed by atoms with Gasteiger partial charge in [0.1, 0.15) is 24.1 Å². The molecule has 0 bridgehead atoms. The molecule has 1 unspecified atom stereocenters. The van der Waals surface area contributed by atoms with Crippen LogP contribution in [-0.4, -0.2) is 36.7 Å². The van der Waals surface area contributed by atoms with Gasteiger partial charge >= 0.3 is 10.8 Å². The minimum atomic E-state index is -4.11. The lowest BCUT2D eigenvalue weighted by molar-refractivity contribution is -0.144. The Bertz CT molecular complexity index is 1250. The number of hydrogen-bond donors (Lipinski definition) is 2. The van der Waals surface area contributed by atoms with Gasteiger partial charge in [0.25, 0.3) is 0 Å². The zero-order valence-corrected chi connectivity index (χ0v) is 19.1. The van der Waals surface area contributed by atoms with Crippen LogP contribution >= 0.6 is 11.3 Å². The van der Waals surface area contributed by atoms with E-state index >= 15 is 0 Å². The summed E-state index contributed by atoms with van der Waals surface area (Å²) in [6.45, 7) is 3.26. The van der Waals surface area contributed by atoms with Crippen LogP contribution in [0.15, 0.2) is 82.3 Å². The van der Waals surface area contributed by atoms with Crippen molar-refractivity contribution in [3.05, 3.63) is 82.3 Å². The lowest BCUT2D eigenvalue weighted by atomic mass is 10.2. The molecule has 0 radical (unpaired) electrons. The van der Waals surface area contributed by atoms with E-state index in [0.717, 1.165) is 15.9 Å². The Morgan fingerprint density at radius 2 is 1.82 bits per heavy atom. The van der Waals surface area contributed by atoms with E-state index in [4.69, 9.17) is 9.47 Å². The van der Waals surface area contributed by atoms with Crippen molar-refractivity contribution in [3.63, 3.8) is 0 Å². The number of esters is 1. The van der Waals surface area contributed by atoms with Crippen molar-refractivity contribution in [2.45, 2.75) is 23.9 Å². The molecular weight excluding hydrogens is 468 g/mol.